The van der Waals surface area contributed by atoms with Gasteiger partial charge < -0.3 is 19.9 Å². The smallest absolute Gasteiger partial charge is 0.240 e. The van der Waals surface area contributed by atoms with Gasteiger partial charge in [0.1, 0.15) is 11.9 Å². The van der Waals surface area contributed by atoms with E-state index in [2.05, 4.69) is 15.6 Å². The number of hydrogen-bond acceptors (Lipinski definition) is 4. The molecule has 2 heterocycles. The van der Waals surface area contributed by atoms with Gasteiger partial charge in [0.05, 0.1) is 19.3 Å². The Morgan fingerprint density at radius 2 is 2.37 bits per heavy atom. The third kappa shape index (κ3) is 4.65. The number of ether oxygens (including phenoxy) is 1. The van der Waals surface area contributed by atoms with Crippen LogP contribution in [0.25, 0.3) is 0 Å². The zero-order valence-corrected chi connectivity index (χ0v) is 12.6. The molecule has 1 saturated heterocycles. The van der Waals surface area contributed by atoms with E-state index in [1.807, 2.05) is 24.7 Å². The molecule has 2 rings (SSSR count). The maximum absolute atomic E-state index is 11.9. The zero-order valence-electron chi connectivity index (χ0n) is 11.0. The average molecular weight is 311 g/mol. The number of halogens is 2. The summed E-state index contributed by atoms with van der Waals surface area (Å²) in [6.07, 6.45) is 3.48. The first kappa shape index (κ1) is 18.2. The van der Waals surface area contributed by atoms with Crippen molar-refractivity contribution in [2.24, 2.45) is 7.05 Å². The van der Waals surface area contributed by atoms with Crippen molar-refractivity contribution in [2.75, 3.05) is 13.2 Å². The van der Waals surface area contributed by atoms with Gasteiger partial charge in [0.2, 0.25) is 5.91 Å². The molecule has 0 saturated carbocycles. The summed E-state index contributed by atoms with van der Waals surface area (Å²) in [7, 11) is 1.90. The van der Waals surface area contributed by atoms with Gasteiger partial charge in [0, 0.05) is 26.0 Å². The Morgan fingerprint density at radius 1 is 1.63 bits per heavy atom. The normalized spacial score (nSPS) is 22.0. The van der Waals surface area contributed by atoms with Gasteiger partial charge in [0.15, 0.2) is 0 Å². The molecule has 19 heavy (non-hydrogen) atoms. The molecule has 1 aromatic heterocycles. The number of hydrogen-bond donors (Lipinski definition) is 2. The van der Waals surface area contributed by atoms with Crippen LogP contribution in [0.1, 0.15) is 12.7 Å². The molecule has 0 aromatic carbocycles. The minimum atomic E-state index is -0.274. The van der Waals surface area contributed by atoms with Crippen molar-refractivity contribution in [1.82, 2.24) is 20.2 Å². The van der Waals surface area contributed by atoms with Crippen molar-refractivity contribution in [3.63, 3.8) is 0 Å². The number of carbonyl (C=O) groups is 1. The van der Waals surface area contributed by atoms with E-state index in [4.69, 9.17) is 4.74 Å². The third-order valence-corrected chi connectivity index (χ3v) is 2.94. The second-order valence-corrected chi connectivity index (χ2v) is 4.18. The highest BCUT2D eigenvalue weighted by molar-refractivity contribution is 5.85. The van der Waals surface area contributed by atoms with Crippen LogP contribution in [-0.4, -0.2) is 40.8 Å². The summed E-state index contributed by atoms with van der Waals surface area (Å²) in [5, 5.41) is 6.01. The second kappa shape index (κ2) is 8.37. The predicted molar refractivity (Wildman–Crippen MR) is 76.8 cm³/mol. The van der Waals surface area contributed by atoms with Crippen LogP contribution in [0, 0.1) is 0 Å². The van der Waals surface area contributed by atoms with E-state index in [9.17, 15) is 4.79 Å². The van der Waals surface area contributed by atoms with E-state index in [0.29, 0.717) is 19.7 Å². The number of morpholine rings is 1. The molecule has 0 unspecified atom stereocenters. The van der Waals surface area contributed by atoms with Crippen molar-refractivity contribution in [3.8, 4) is 0 Å². The minimum absolute atomic E-state index is 0. The Bertz CT molecular complexity index is 400. The monoisotopic (exact) mass is 310 g/mol. The Labute approximate surface area is 125 Å². The molecule has 8 heteroatoms. The van der Waals surface area contributed by atoms with Gasteiger partial charge in [-0.1, -0.05) is 0 Å². The maximum atomic E-state index is 11.9. The van der Waals surface area contributed by atoms with E-state index >= 15 is 0 Å². The van der Waals surface area contributed by atoms with E-state index in [1.54, 1.807) is 6.20 Å². The molecule has 0 radical (unpaired) electrons. The molecule has 0 bridgehead atoms. The van der Waals surface area contributed by atoms with Crippen molar-refractivity contribution in [3.05, 3.63) is 18.2 Å². The van der Waals surface area contributed by atoms with Crippen LogP contribution in [0.15, 0.2) is 12.4 Å². The highest BCUT2D eigenvalue weighted by atomic mass is 35.5. The lowest BCUT2D eigenvalue weighted by Crippen LogP contribution is -2.55. The number of imidazole rings is 1. The summed E-state index contributed by atoms with van der Waals surface area (Å²) >= 11 is 0. The summed E-state index contributed by atoms with van der Waals surface area (Å²) in [6.45, 7) is 3.71. The number of nitrogens with one attached hydrogen (secondary N) is 2. The number of amides is 1. The molecule has 0 spiro atoms. The first-order valence-electron chi connectivity index (χ1n) is 5.77. The topological polar surface area (TPSA) is 68.2 Å². The van der Waals surface area contributed by atoms with E-state index in [-0.39, 0.29) is 42.9 Å². The van der Waals surface area contributed by atoms with E-state index < -0.39 is 0 Å². The summed E-state index contributed by atoms with van der Waals surface area (Å²) in [5.41, 5.74) is 0. The lowest BCUT2D eigenvalue weighted by atomic mass is 10.1. The van der Waals surface area contributed by atoms with Gasteiger partial charge >= 0.3 is 0 Å². The first-order valence-corrected chi connectivity index (χ1v) is 5.77. The molecule has 1 fully saturated rings. The zero-order chi connectivity index (χ0) is 12.3. The lowest BCUT2D eigenvalue weighted by Gasteiger charge is -2.29. The highest BCUT2D eigenvalue weighted by Gasteiger charge is 2.28. The van der Waals surface area contributed by atoms with Crippen LogP contribution >= 0.6 is 24.8 Å². The second-order valence-electron chi connectivity index (χ2n) is 4.18. The lowest BCUT2D eigenvalue weighted by molar-refractivity contribution is -0.129. The minimum Gasteiger partial charge on any atom is -0.375 e. The Balaban J connectivity index is 0.00000162. The standard InChI is InChI=1S/C11H18N4O2.2ClH/c1-8-10(13-4-6-17-8)11(16)14-7-9-12-3-5-15(9)2;;/h3,5,8,10,13H,4,6-7H2,1-2H3,(H,14,16);2*1H/t8-,10+;;/m1../s1. The van der Waals surface area contributed by atoms with Crippen LogP contribution in [0.5, 0.6) is 0 Å². The molecule has 0 aliphatic carbocycles. The average Bonchev–Trinajstić information content (AvgIpc) is 2.72. The molecule has 1 amide bonds. The SMILES string of the molecule is C[C@H]1OCCN[C@@H]1C(=O)NCc1nccn1C.Cl.Cl. The number of aromatic nitrogens is 2. The molecule has 1 aliphatic rings. The molecule has 6 nitrogen and oxygen atoms in total. The summed E-state index contributed by atoms with van der Waals surface area (Å²) in [6, 6.07) is -0.274. The number of carbonyl (C=O) groups excluding carboxylic acids is 1. The van der Waals surface area contributed by atoms with Crippen LogP contribution in [0.4, 0.5) is 0 Å². The molecule has 1 aromatic rings. The van der Waals surface area contributed by atoms with Gasteiger partial charge in [-0.3, -0.25) is 4.79 Å². The van der Waals surface area contributed by atoms with Crippen molar-refractivity contribution < 1.29 is 9.53 Å². The summed E-state index contributed by atoms with van der Waals surface area (Å²) in [4.78, 5) is 16.1. The quantitative estimate of drug-likeness (QED) is 0.840. The predicted octanol–water partition coefficient (Wildman–Crippen LogP) is 0.257. The first-order chi connectivity index (χ1) is 8.18. The van der Waals surface area contributed by atoms with Crippen LogP contribution in [-0.2, 0) is 23.1 Å². The molecule has 1 aliphatic heterocycles. The third-order valence-electron chi connectivity index (χ3n) is 2.94. The van der Waals surface area contributed by atoms with Gasteiger partial charge in [-0.15, -0.1) is 24.8 Å². The fourth-order valence-electron chi connectivity index (χ4n) is 1.87. The largest absolute Gasteiger partial charge is 0.375 e. The van der Waals surface area contributed by atoms with Gasteiger partial charge in [-0.25, -0.2) is 4.98 Å². The van der Waals surface area contributed by atoms with Crippen LogP contribution in [0.3, 0.4) is 0 Å². The fraction of sp³-hybridized carbons (Fsp3) is 0.636. The Hall–Kier alpha value is -0.820. The van der Waals surface area contributed by atoms with Gasteiger partial charge in [0.25, 0.3) is 0 Å². The number of rotatable bonds is 3. The summed E-state index contributed by atoms with van der Waals surface area (Å²) in [5.74, 6) is 0.794. The highest BCUT2D eigenvalue weighted by Crippen LogP contribution is 2.04. The number of nitrogens with zero attached hydrogens (tertiary/aromatic N) is 2. The molecule has 2 N–H and O–H groups in total. The van der Waals surface area contributed by atoms with Gasteiger partial charge in [-0.05, 0) is 6.92 Å². The maximum Gasteiger partial charge on any atom is 0.240 e. The van der Waals surface area contributed by atoms with Crippen molar-refractivity contribution in [1.29, 1.82) is 0 Å². The van der Waals surface area contributed by atoms with Crippen molar-refractivity contribution >= 4 is 30.7 Å². The Kier molecular flexibility index (Phi) is 8.01. The Morgan fingerprint density at radius 3 is 2.95 bits per heavy atom. The summed E-state index contributed by atoms with van der Waals surface area (Å²) < 4.78 is 7.31. The van der Waals surface area contributed by atoms with Crippen LogP contribution in [0.2, 0.25) is 0 Å². The molecular weight excluding hydrogens is 291 g/mol. The number of aryl methyl sites for hydroxylation is 1. The molecule has 110 valence electrons. The van der Waals surface area contributed by atoms with Crippen molar-refractivity contribution in [2.45, 2.75) is 25.6 Å². The molecule has 2 atom stereocenters. The van der Waals surface area contributed by atoms with Gasteiger partial charge in [-0.2, -0.15) is 0 Å². The fourth-order valence-corrected chi connectivity index (χ4v) is 1.87. The van der Waals surface area contributed by atoms with Crippen LogP contribution < -0.4 is 10.6 Å². The molecular formula is C11H20Cl2N4O2. The van der Waals surface area contributed by atoms with E-state index in [1.165, 1.54) is 0 Å². The van der Waals surface area contributed by atoms with E-state index in [0.717, 1.165) is 5.82 Å².